The van der Waals surface area contributed by atoms with Gasteiger partial charge in [0.15, 0.2) is 0 Å². The highest BCUT2D eigenvalue weighted by molar-refractivity contribution is 6.30. The van der Waals surface area contributed by atoms with Crippen LogP contribution in [0.3, 0.4) is 0 Å². The predicted molar refractivity (Wildman–Crippen MR) is 100 cm³/mol. The van der Waals surface area contributed by atoms with E-state index in [0.717, 1.165) is 11.1 Å². The molecule has 6 nitrogen and oxygen atoms in total. The lowest BCUT2D eigenvalue weighted by molar-refractivity contribution is 0.0958. The van der Waals surface area contributed by atoms with Crippen molar-refractivity contribution in [3.63, 3.8) is 0 Å². The zero-order valence-electron chi connectivity index (χ0n) is 14.4. The lowest BCUT2D eigenvalue weighted by atomic mass is 10.1. The second-order valence-corrected chi connectivity index (χ2v) is 6.25. The van der Waals surface area contributed by atoms with Crippen molar-refractivity contribution >= 4 is 17.5 Å². The molecule has 132 valence electrons. The maximum Gasteiger partial charge on any atom is 0.270 e. The summed E-state index contributed by atoms with van der Waals surface area (Å²) < 4.78 is 1.42. The first-order chi connectivity index (χ1) is 12.5. The molecule has 3 aromatic rings. The number of hydrogen-bond donors (Lipinski definition) is 1. The van der Waals surface area contributed by atoms with Gasteiger partial charge in [0.25, 0.3) is 11.5 Å². The van der Waals surface area contributed by atoms with Gasteiger partial charge in [-0.05, 0) is 42.8 Å². The summed E-state index contributed by atoms with van der Waals surface area (Å²) >= 11 is 5.90. The van der Waals surface area contributed by atoms with Crippen molar-refractivity contribution in [2.24, 2.45) is 0 Å². The van der Waals surface area contributed by atoms with Gasteiger partial charge in [0, 0.05) is 29.4 Å². The Bertz CT molecular complexity index is 996. The molecule has 0 aliphatic heterocycles. The summed E-state index contributed by atoms with van der Waals surface area (Å²) in [6, 6.07) is 12.4. The molecule has 0 bridgehead atoms. The Balaban J connectivity index is 1.96. The number of rotatable bonds is 4. The average molecular weight is 369 g/mol. The molecular weight excluding hydrogens is 352 g/mol. The van der Waals surface area contributed by atoms with E-state index in [4.69, 9.17) is 11.6 Å². The van der Waals surface area contributed by atoms with E-state index in [0.29, 0.717) is 28.5 Å². The van der Waals surface area contributed by atoms with E-state index in [1.165, 1.54) is 4.68 Å². The number of carbonyl (C=O) groups excluding carboxylic acids is 1. The zero-order valence-corrected chi connectivity index (χ0v) is 15.1. The fraction of sp³-hybridized carbons (Fsp3) is 0.158. The first kappa shape index (κ1) is 17.8. The number of aryl methyl sites for hydroxylation is 1. The molecule has 0 radical (unpaired) electrons. The van der Waals surface area contributed by atoms with Crippen molar-refractivity contribution in [1.29, 1.82) is 0 Å². The lowest BCUT2D eigenvalue weighted by Crippen LogP contribution is -2.25. The van der Waals surface area contributed by atoms with Crippen LogP contribution in [-0.4, -0.2) is 27.7 Å². The van der Waals surface area contributed by atoms with E-state index in [1.54, 1.807) is 50.5 Å². The summed E-state index contributed by atoms with van der Waals surface area (Å²) in [4.78, 5) is 28.2. The van der Waals surface area contributed by atoms with Crippen molar-refractivity contribution in [3.05, 3.63) is 80.9 Å². The van der Waals surface area contributed by atoms with Crippen LogP contribution in [0, 0.1) is 6.92 Å². The van der Waals surface area contributed by atoms with E-state index in [1.807, 2.05) is 12.1 Å². The molecule has 3 rings (SSSR count). The highest BCUT2D eigenvalue weighted by atomic mass is 35.5. The second kappa shape index (κ2) is 7.49. The number of nitrogens with one attached hydrogen (secondary N) is 1. The quantitative estimate of drug-likeness (QED) is 0.768. The summed E-state index contributed by atoms with van der Waals surface area (Å²) in [5.41, 5.74) is 3.02. The van der Waals surface area contributed by atoms with Crippen molar-refractivity contribution in [1.82, 2.24) is 20.1 Å². The largest absolute Gasteiger partial charge is 0.354 e. The number of halogens is 1. The van der Waals surface area contributed by atoms with Crippen LogP contribution in [-0.2, 0) is 6.54 Å². The number of carbonyl (C=O) groups is 1. The van der Waals surface area contributed by atoms with Gasteiger partial charge in [-0.3, -0.25) is 14.6 Å². The van der Waals surface area contributed by atoms with Crippen molar-refractivity contribution in [2.45, 2.75) is 13.5 Å². The van der Waals surface area contributed by atoms with Crippen LogP contribution in [0.2, 0.25) is 5.02 Å². The predicted octanol–water partition coefficient (Wildman–Crippen LogP) is 2.68. The van der Waals surface area contributed by atoms with Crippen molar-refractivity contribution in [2.75, 3.05) is 7.05 Å². The molecule has 0 spiro atoms. The molecule has 2 aromatic heterocycles. The second-order valence-electron chi connectivity index (χ2n) is 5.81. The highest BCUT2D eigenvalue weighted by Crippen LogP contribution is 2.16. The minimum Gasteiger partial charge on any atom is -0.354 e. The van der Waals surface area contributed by atoms with Gasteiger partial charge in [-0.15, -0.1) is 0 Å². The minimum atomic E-state index is -0.256. The zero-order chi connectivity index (χ0) is 18.7. The van der Waals surface area contributed by atoms with Crippen LogP contribution in [0.15, 0.2) is 53.5 Å². The Morgan fingerprint density at radius 1 is 1.19 bits per heavy atom. The molecule has 26 heavy (non-hydrogen) atoms. The fourth-order valence-electron chi connectivity index (χ4n) is 2.49. The van der Waals surface area contributed by atoms with E-state index < -0.39 is 0 Å². The number of pyridine rings is 1. The summed E-state index contributed by atoms with van der Waals surface area (Å²) in [6.45, 7) is 2.09. The lowest BCUT2D eigenvalue weighted by Gasteiger charge is -2.10. The van der Waals surface area contributed by atoms with E-state index in [9.17, 15) is 9.59 Å². The third kappa shape index (κ3) is 3.81. The molecule has 0 atom stereocenters. The number of amides is 1. The molecule has 1 amide bonds. The van der Waals surface area contributed by atoms with Crippen molar-refractivity contribution < 1.29 is 4.79 Å². The van der Waals surface area contributed by atoms with Crippen LogP contribution >= 0.6 is 11.6 Å². The molecule has 0 saturated carbocycles. The van der Waals surface area contributed by atoms with Gasteiger partial charge in [0.1, 0.15) is 5.69 Å². The third-order valence-electron chi connectivity index (χ3n) is 3.92. The van der Waals surface area contributed by atoms with Crippen LogP contribution in [0.1, 0.15) is 21.6 Å². The number of hydrogen-bond acceptors (Lipinski definition) is 4. The Morgan fingerprint density at radius 2 is 1.92 bits per heavy atom. The SMILES string of the molecule is CNC(=O)c1ccc(-c2cc(C)c(=O)n(Cc3ccc(Cl)cc3)n2)cn1. The standard InChI is InChI=1S/C19H17ClN4O2/c1-12-9-17(14-5-8-16(22-10-14)18(25)21-2)23-24(19(12)26)11-13-3-6-15(20)7-4-13/h3-10H,11H2,1-2H3,(H,21,25). The Morgan fingerprint density at radius 3 is 2.54 bits per heavy atom. The smallest absolute Gasteiger partial charge is 0.270 e. The molecule has 7 heteroatoms. The average Bonchev–Trinajstić information content (AvgIpc) is 2.66. The van der Waals surface area contributed by atoms with Gasteiger partial charge < -0.3 is 5.32 Å². The maximum atomic E-state index is 12.4. The Labute approximate surface area is 155 Å². The molecular formula is C19H17ClN4O2. The molecule has 1 aromatic carbocycles. The summed E-state index contributed by atoms with van der Waals surface area (Å²) in [5, 5.41) is 7.61. The van der Waals surface area contributed by atoms with E-state index >= 15 is 0 Å². The molecule has 0 fully saturated rings. The van der Waals surface area contributed by atoms with Crippen LogP contribution in [0.25, 0.3) is 11.3 Å². The van der Waals surface area contributed by atoms with Crippen LogP contribution in [0.4, 0.5) is 0 Å². The molecule has 1 N–H and O–H groups in total. The van der Waals surface area contributed by atoms with Gasteiger partial charge in [0.05, 0.1) is 12.2 Å². The number of nitrogens with zero attached hydrogens (tertiary/aromatic N) is 3. The molecule has 0 saturated heterocycles. The maximum absolute atomic E-state index is 12.4. The molecule has 2 heterocycles. The van der Waals surface area contributed by atoms with Gasteiger partial charge in [-0.1, -0.05) is 23.7 Å². The molecule has 0 unspecified atom stereocenters. The van der Waals surface area contributed by atoms with Crippen LogP contribution in [0.5, 0.6) is 0 Å². The first-order valence-corrected chi connectivity index (χ1v) is 8.37. The third-order valence-corrected chi connectivity index (χ3v) is 4.17. The minimum absolute atomic E-state index is 0.154. The van der Waals surface area contributed by atoms with Gasteiger partial charge in [0.2, 0.25) is 0 Å². The fourth-order valence-corrected chi connectivity index (χ4v) is 2.62. The van der Waals surface area contributed by atoms with Crippen molar-refractivity contribution in [3.8, 4) is 11.3 Å². The van der Waals surface area contributed by atoms with Gasteiger partial charge in [-0.2, -0.15) is 5.10 Å². The Hall–Kier alpha value is -2.99. The van der Waals surface area contributed by atoms with E-state index in [-0.39, 0.29) is 11.5 Å². The number of aromatic nitrogens is 3. The normalized spacial score (nSPS) is 10.6. The monoisotopic (exact) mass is 368 g/mol. The summed E-state index contributed by atoms with van der Waals surface area (Å²) in [7, 11) is 1.55. The van der Waals surface area contributed by atoms with Gasteiger partial charge in [-0.25, -0.2) is 4.68 Å². The highest BCUT2D eigenvalue weighted by Gasteiger charge is 2.10. The van der Waals surface area contributed by atoms with Crippen LogP contribution < -0.4 is 10.9 Å². The number of benzene rings is 1. The van der Waals surface area contributed by atoms with Gasteiger partial charge >= 0.3 is 0 Å². The molecule has 0 aliphatic rings. The summed E-state index contributed by atoms with van der Waals surface area (Å²) in [5.74, 6) is -0.256. The van der Waals surface area contributed by atoms with E-state index in [2.05, 4.69) is 15.4 Å². The first-order valence-electron chi connectivity index (χ1n) is 7.99. The summed E-state index contributed by atoms with van der Waals surface area (Å²) in [6.07, 6.45) is 1.57. The molecule has 0 aliphatic carbocycles. The Kier molecular flexibility index (Phi) is 5.14. The topological polar surface area (TPSA) is 76.9 Å².